The lowest BCUT2D eigenvalue weighted by molar-refractivity contribution is -0.137. The van der Waals surface area contributed by atoms with E-state index in [9.17, 15) is 9.59 Å². The van der Waals surface area contributed by atoms with E-state index in [4.69, 9.17) is 5.11 Å². The number of aliphatic carboxylic acids is 1. The minimum atomic E-state index is -0.722. The molecule has 4 heteroatoms. The highest BCUT2D eigenvalue weighted by molar-refractivity contribution is 5.78. The third-order valence-corrected chi connectivity index (χ3v) is 4.48. The molecule has 122 valence electrons. The highest BCUT2D eigenvalue weighted by atomic mass is 16.4. The minimum absolute atomic E-state index is 0.125. The summed E-state index contributed by atoms with van der Waals surface area (Å²) >= 11 is 0. The Kier molecular flexibility index (Phi) is 9.11. The molecule has 0 spiro atoms. The van der Waals surface area contributed by atoms with E-state index in [2.05, 4.69) is 5.32 Å². The van der Waals surface area contributed by atoms with Gasteiger partial charge in [0.1, 0.15) is 0 Å². The zero-order chi connectivity index (χ0) is 15.5. The second kappa shape index (κ2) is 10.6. The topological polar surface area (TPSA) is 66.4 Å². The molecule has 1 rings (SSSR count). The molecule has 0 aliphatic heterocycles. The second-order valence-corrected chi connectivity index (χ2v) is 6.49. The van der Waals surface area contributed by atoms with E-state index in [0.29, 0.717) is 0 Å². The highest BCUT2D eigenvalue weighted by Crippen LogP contribution is 2.28. The van der Waals surface area contributed by atoms with Gasteiger partial charge in [0.25, 0.3) is 0 Å². The minimum Gasteiger partial charge on any atom is -0.481 e. The molecule has 1 aliphatic rings. The van der Waals surface area contributed by atoms with Crippen LogP contribution in [0.15, 0.2) is 0 Å². The van der Waals surface area contributed by atoms with Crippen molar-refractivity contribution in [1.82, 2.24) is 5.32 Å². The Bertz CT molecular complexity index is 311. The van der Waals surface area contributed by atoms with E-state index in [1.54, 1.807) is 0 Å². The summed E-state index contributed by atoms with van der Waals surface area (Å²) in [6.07, 6.45) is 11.5. The van der Waals surface area contributed by atoms with Gasteiger partial charge in [-0.25, -0.2) is 0 Å². The van der Waals surface area contributed by atoms with Crippen molar-refractivity contribution in [1.29, 1.82) is 0 Å². The van der Waals surface area contributed by atoms with Crippen molar-refractivity contribution >= 4 is 11.9 Å². The van der Waals surface area contributed by atoms with E-state index in [-0.39, 0.29) is 18.2 Å². The monoisotopic (exact) mass is 297 g/mol. The summed E-state index contributed by atoms with van der Waals surface area (Å²) in [6.45, 7) is 2.76. The Balaban J connectivity index is 2.00. The summed E-state index contributed by atoms with van der Waals surface area (Å²) in [4.78, 5) is 22.4. The van der Waals surface area contributed by atoms with Gasteiger partial charge in [0.05, 0.1) is 0 Å². The molecule has 1 saturated carbocycles. The lowest BCUT2D eigenvalue weighted by Gasteiger charge is -2.24. The van der Waals surface area contributed by atoms with Crippen LogP contribution in [0.4, 0.5) is 0 Å². The van der Waals surface area contributed by atoms with E-state index in [1.807, 2.05) is 6.92 Å². The number of rotatable bonds is 10. The number of hydrogen-bond donors (Lipinski definition) is 2. The Morgan fingerprint density at radius 1 is 1.10 bits per heavy atom. The van der Waals surface area contributed by atoms with Crippen LogP contribution in [0.1, 0.15) is 77.6 Å². The van der Waals surface area contributed by atoms with Crippen molar-refractivity contribution in [2.75, 3.05) is 6.54 Å². The molecule has 0 aromatic carbocycles. The Morgan fingerprint density at radius 3 is 2.43 bits per heavy atom. The van der Waals surface area contributed by atoms with Crippen LogP contribution in [0.3, 0.4) is 0 Å². The maximum Gasteiger partial charge on any atom is 0.303 e. The molecule has 0 aromatic heterocycles. The first-order chi connectivity index (χ1) is 10.1. The molecule has 0 aromatic rings. The summed E-state index contributed by atoms with van der Waals surface area (Å²) in [5.74, 6) is 0.335. The molecule has 1 aliphatic carbocycles. The van der Waals surface area contributed by atoms with Crippen LogP contribution in [0, 0.1) is 11.8 Å². The number of carbonyl (C=O) groups is 2. The maximum atomic E-state index is 12.0. The first-order valence-corrected chi connectivity index (χ1v) is 8.59. The lowest BCUT2D eigenvalue weighted by atomic mass is 9.83. The molecule has 0 radical (unpaired) electrons. The number of carboxylic acids is 1. The maximum absolute atomic E-state index is 12.0. The summed E-state index contributed by atoms with van der Waals surface area (Å²) in [7, 11) is 0. The van der Waals surface area contributed by atoms with E-state index >= 15 is 0 Å². The standard InChI is InChI=1S/C17H31NO3/c1-14(13-15-9-5-4-6-10-15)17(21)18-12-8-3-2-7-11-16(19)20/h14-15H,2-13H2,1H3,(H,18,21)(H,19,20). The summed E-state index contributed by atoms with van der Waals surface area (Å²) < 4.78 is 0. The number of nitrogens with one attached hydrogen (secondary N) is 1. The van der Waals surface area contributed by atoms with Crippen LogP contribution in [-0.2, 0) is 9.59 Å². The molecule has 1 unspecified atom stereocenters. The van der Waals surface area contributed by atoms with Gasteiger partial charge in [0, 0.05) is 18.9 Å². The zero-order valence-electron chi connectivity index (χ0n) is 13.4. The van der Waals surface area contributed by atoms with Gasteiger partial charge >= 0.3 is 5.97 Å². The third-order valence-electron chi connectivity index (χ3n) is 4.48. The summed E-state index contributed by atoms with van der Waals surface area (Å²) in [6, 6.07) is 0. The predicted molar refractivity (Wildman–Crippen MR) is 84.1 cm³/mol. The fraction of sp³-hybridized carbons (Fsp3) is 0.882. The van der Waals surface area contributed by atoms with Gasteiger partial charge in [-0.15, -0.1) is 0 Å². The zero-order valence-corrected chi connectivity index (χ0v) is 13.4. The quantitative estimate of drug-likeness (QED) is 0.604. The van der Waals surface area contributed by atoms with Crippen LogP contribution < -0.4 is 5.32 Å². The SMILES string of the molecule is CC(CC1CCCCC1)C(=O)NCCCCCCC(=O)O. The molecular formula is C17H31NO3. The van der Waals surface area contributed by atoms with Crippen LogP contribution in [0.25, 0.3) is 0 Å². The van der Waals surface area contributed by atoms with E-state index in [1.165, 1.54) is 32.1 Å². The van der Waals surface area contributed by atoms with Crippen LogP contribution in [0.2, 0.25) is 0 Å². The van der Waals surface area contributed by atoms with E-state index < -0.39 is 5.97 Å². The van der Waals surface area contributed by atoms with Gasteiger partial charge in [0.2, 0.25) is 5.91 Å². The first kappa shape index (κ1) is 18.0. The number of unbranched alkanes of at least 4 members (excludes halogenated alkanes) is 3. The highest BCUT2D eigenvalue weighted by Gasteiger charge is 2.20. The molecule has 2 N–H and O–H groups in total. The average molecular weight is 297 g/mol. The Hall–Kier alpha value is -1.06. The lowest BCUT2D eigenvalue weighted by Crippen LogP contribution is -2.31. The molecule has 0 saturated heterocycles. The molecular weight excluding hydrogens is 266 g/mol. The number of carboxylic acid groups (broad SMARTS) is 1. The predicted octanol–water partition coefficient (Wildman–Crippen LogP) is 3.74. The fourth-order valence-corrected chi connectivity index (χ4v) is 3.17. The van der Waals surface area contributed by atoms with Gasteiger partial charge in [-0.05, 0) is 25.2 Å². The molecule has 1 amide bonds. The van der Waals surface area contributed by atoms with Crippen molar-refractivity contribution in [3.63, 3.8) is 0 Å². The molecule has 1 fully saturated rings. The van der Waals surface area contributed by atoms with Crippen molar-refractivity contribution in [3.8, 4) is 0 Å². The largest absolute Gasteiger partial charge is 0.481 e. The van der Waals surface area contributed by atoms with Crippen LogP contribution in [0.5, 0.6) is 0 Å². The van der Waals surface area contributed by atoms with Gasteiger partial charge in [-0.1, -0.05) is 51.9 Å². The van der Waals surface area contributed by atoms with Crippen molar-refractivity contribution in [2.24, 2.45) is 11.8 Å². The van der Waals surface area contributed by atoms with Gasteiger partial charge in [0.15, 0.2) is 0 Å². The van der Waals surface area contributed by atoms with Crippen LogP contribution >= 0.6 is 0 Å². The van der Waals surface area contributed by atoms with Gasteiger partial charge in [-0.2, -0.15) is 0 Å². The Labute approximate surface area is 128 Å². The summed E-state index contributed by atoms with van der Waals surface area (Å²) in [5.41, 5.74) is 0. The van der Waals surface area contributed by atoms with E-state index in [0.717, 1.165) is 44.6 Å². The van der Waals surface area contributed by atoms with Gasteiger partial charge < -0.3 is 10.4 Å². The van der Waals surface area contributed by atoms with Gasteiger partial charge in [-0.3, -0.25) is 9.59 Å². The summed E-state index contributed by atoms with van der Waals surface area (Å²) in [5, 5.41) is 11.5. The molecule has 4 nitrogen and oxygen atoms in total. The number of carbonyl (C=O) groups excluding carboxylic acids is 1. The second-order valence-electron chi connectivity index (χ2n) is 6.49. The number of amides is 1. The first-order valence-electron chi connectivity index (χ1n) is 8.59. The Morgan fingerprint density at radius 2 is 1.76 bits per heavy atom. The van der Waals surface area contributed by atoms with Crippen molar-refractivity contribution in [3.05, 3.63) is 0 Å². The molecule has 0 heterocycles. The third kappa shape index (κ3) is 8.74. The number of hydrogen-bond acceptors (Lipinski definition) is 2. The molecule has 1 atom stereocenters. The van der Waals surface area contributed by atoms with Crippen molar-refractivity contribution < 1.29 is 14.7 Å². The van der Waals surface area contributed by atoms with Crippen LogP contribution in [-0.4, -0.2) is 23.5 Å². The average Bonchev–Trinajstić information content (AvgIpc) is 2.46. The fourth-order valence-electron chi connectivity index (χ4n) is 3.17. The normalized spacial score (nSPS) is 17.4. The molecule has 0 bridgehead atoms. The van der Waals surface area contributed by atoms with Crippen molar-refractivity contribution in [2.45, 2.75) is 77.6 Å². The smallest absolute Gasteiger partial charge is 0.303 e. The molecule has 21 heavy (non-hydrogen) atoms.